The Morgan fingerprint density at radius 1 is 1.10 bits per heavy atom. The first kappa shape index (κ1) is 22.6. The number of nitrogens with one attached hydrogen (secondary N) is 1. The summed E-state index contributed by atoms with van der Waals surface area (Å²) in [5, 5.41) is 13.4. The van der Waals surface area contributed by atoms with Crippen molar-refractivity contribution < 1.29 is 28.2 Å². The van der Waals surface area contributed by atoms with Gasteiger partial charge >= 0.3 is 0 Å². The molecule has 31 heavy (non-hydrogen) atoms. The van der Waals surface area contributed by atoms with Crippen molar-refractivity contribution in [3.63, 3.8) is 0 Å². The standard InChI is InChI=1S/C23H32F2N2O4/c24-16-7-15(8-17(25)9-16)11-27-12-19(28)13-30-14-22-21(27)6-5-20(31-22)10-23(29)26-18-3-1-2-4-18/h7-9,18-22,28H,1-6,10-14H2,(H,26,29)/t19-,20+,21-,22+/m0/s1. The number of hydrogen-bond acceptors (Lipinski definition) is 5. The fourth-order valence-corrected chi connectivity index (χ4v) is 5.13. The molecule has 0 bridgehead atoms. The highest BCUT2D eigenvalue weighted by Gasteiger charge is 2.38. The van der Waals surface area contributed by atoms with Gasteiger partial charge in [0, 0.05) is 31.2 Å². The molecule has 1 saturated carbocycles. The van der Waals surface area contributed by atoms with E-state index in [4.69, 9.17) is 9.47 Å². The van der Waals surface area contributed by atoms with Gasteiger partial charge in [0.05, 0.1) is 37.9 Å². The third kappa shape index (κ3) is 6.22. The number of amides is 1. The Bertz CT molecular complexity index is 739. The number of aliphatic hydroxyl groups is 1. The SMILES string of the molecule is O=C(C[C@H]1CC[C@H]2[C@@H](COC[C@@H](O)CN2Cc2cc(F)cc(F)c2)O1)NC1CCCC1. The molecule has 8 heteroatoms. The minimum Gasteiger partial charge on any atom is -0.389 e. The number of β-amino-alcohol motifs (C(OH)–C–C–N with tert-alkyl or cyclic N) is 1. The zero-order chi connectivity index (χ0) is 21.8. The highest BCUT2D eigenvalue weighted by Crippen LogP contribution is 2.29. The van der Waals surface area contributed by atoms with E-state index in [2.05, 4.69) is 5.32 Å². The summed E-state index contributed by atoms with van der Waals surface area (Å²) >= 11 is 0. The zero-order valence-electron chi connectivity index (χ0n) is 17.8. The quantitative estimate of drug-likeness (QED) is 0.739. The van der Waals surface area contributed by atoms with Gasteiger partial charge in [0.1, 0.15) is 11.6 Å². The zero-order valence-corrected chi connectivity index (χ0v) is 17.8. The molecule has 0 unspecified atom stereocenters. The van der Waals surface area contributed by atoms with Crippen LogP contribution in [0.1, 0.15) is 50.5 Å². The molecule has 3 aliphatic rings. The van der Waals surface area contributed by atoms with Crippen LogP contribution in [0.15, 0.2) is 18.2 Å². The van der Waals surface area contributed by atoms with E-state index in [1.165, 1.54) is 25.0 Å². The van der Waals surface area contributed by atoms with Gasteiger partial charge in [0.25, 0.3) is 0 Å². The summed E-state index contributed by atoms with van der Waals surface area (Å²) < 4.78 is 39.2. The van der Waals surface area contributed by atoms with Crippen molar-refractivity contribution in [2.24, 2.45) is 0 Å². The summed E-state index contributed by atoms with van der Waals surface area (Å²) in [4.78, 5) is 14.5. The van der Waals surface area contributed by atoms with Gasteiger partial charge < -0.3 is 19.9 Å². The molecule has 0 radical (unpaired) electrons. The number of nitrogens with zero attached hydrogens (tertiary/aromatic N) is 1. The molecule has 4 rings (SSSR count). The Labute approximate surface area is 181 Å². The topological polar surface area (TPSA) is 71.0 Å². The normalized spacial score (nSPS) is 30.4. The molecular formula is C23H32F2N2O4. The lowest BCUT2D eigenvalue weighted by Gasteiger charge is -2.44. The largest absolute Gasteiger partial charge is 0.389 e. The minimum atomic E-state index is -0.686. The van der Waals surface area contributed by atoms with Crippen LogP contribution >= 0.6 is 0 Å². The van der Waals surface area contributed by atoms with Crippen molar-refractivity contribution in [3.8, 4) is 0 Å². The monoisotopic (exact) mass is 438 g/mol. The van der Waals surface area contributed by atoms with Crippen LogP contribution in [0.2, 0.25) is 0 Å². The number of carbonyl (C=O) groups is 1. The molecular weight excluding hydrogens is 406 g/mol. The molecule has 1 aromatic carbocycles. The van der Waals surface area contributed by atoms with Crippen molar-refractivity contribution in [1.29, 1.82) is 0 Å². The third-order valence-electron chi connectivity index (χ3n) is 6.53. The summed E-state index contributed by atoms with van der Waals surface area (Å²) in [7, 11) is 0. The molecule has 1 aliphatic carbocycles. The van der Waals surface area contributed by atoms with Crippen LogP contribution in [0.3, 0.4) is 0 Å². The van der Waals surface area contributed by atoms with E-state index in [9.17, 15) is 18.7 Å². The molecule has 2 N–H and O–H groups in total. The van der Waals surface area contributed by atoms with E-state index in [1.807, 2.05) is 4.90 Å². The van der Waals surface area contributed by atoms with Crippen molar-refractivity contribution in [3.05, 3.63) is 35.4 Å². The summed E-state index contributed by atoms with van der Waals surface area (Å²) in [5.74, 6) is -1.20. The van der Waals surface area contributed by atoms with Gasteiger partial charge in [0.15, 0.2) is 0 Å². The Balaban J connectivity index is 1.39. The summed E-state index contributed by atoms with van der Waals surface area (Å²) in [5.41, 5.74) is 0.517. The Hall–Kier alpha value is -1.61. The lowest BCUT2D eigenvalue weighted by molar-refractivity contribution is -0.158. The lowest BCUT2D eigenvalue weighted by Crippen LogP contribution is -2.55. The van der Waals surface area contributed by atoms with E-state index in [1.54, 1.807) is 0 Å². The highest BCUT2D eigenvalue weighted by atomic mass is 19.1. The molecule has 0 spiro atoms. The molecule has 0 aromatic heterocycles. The molecule has 4 atom stereocenters. The first-order valence-corrected chi connectivity index (χ1v) is 11.4. The minimum absolute atomic E-state index is 0.0321. The van der Waals surface area contributed by atoms with Crippen LogP contribution in [0.5, 0.6) is 0 Å². The molecule has 6 nitrogen and oxygen atoms in total. The number of hydrogen-bond donors (Lipinski definition) is 2. The van der Waals surface area contributed by atoms with Gasteiger partial charge in [-0.05, 0) is 43.4 Å². The molecule has 172 valence electrons. The molecule has 2 aliphatic heterocycles. The smallest absolute Gasteiger partial charge is 0.222 e. The average Bonchev–Trinajstić information content (AvgIpc) is 3.18. The van der Waals surface area contributed by atoms with Crippen molar-refractivity contribution in [1.82, 2.24) is 10.2 Å². The second-order valence-electron chi connectivity index (χ2n) is 9.09. The van der Waals surface area contributed by atoms with Crippen LogP contribution < -0.4 is 5.32 Å². The van der Waals surface area contributed by atoms with Crippen molar-refractivity contribution in [2.45, 2.75) is 81.9 Å². The van der Waals surface area contributed by atoms with Gasteiger partial charge in [-0.1, -0.05) is 12.8 Å². The summed E-state index contributed by atoms with van der Waals surface area (Å²) in [6, 6.07) is 3.72. The van der Waals surface area contributed by atoms with Crippen LogP contribution in [0, 0.1) is 11.6 Å². The van der Waals surface area contributed by atoms with E-state index in [0.717, 1.165) is 25.3 Å². The van der Waals surface area contributed by atoms with Crippen molar-refractivity contribution in [2.75, 3.05) is 19.8 Å². The Kier molecular flexibility index (Phi) is 7.53. The number of carbonyl (C=O) groups excluding carboxylic acids is 1. The van der Waals surface area contributed by atoms with Crippen LogP contribution in [-0.4, -0.2) is 66.1 Å². The maximum absolute atomic E-state index is 13.7. The van der Waals surface area contributed by atoms with Gasteiger partial charge in [-0.25, -0.2) is 8.78 Å². The fourth-order valence-electron chi connectivity index (χ4n) is 5.13. The van der Waals surface area contributed by atoms with Crippen LogP contribution in [-0.2, 0) is 20.8 Å². The summed E-state index contributed by atoms with van der Waals surface area (Å²) in [6.07, 6.45) is 5.12. The molecule has 3 fully saturated rings. The fraction of sp³-hybridized carbons (Fsp3) is 0.696. The van der Waals surface area contributed by atoms with Gasteiger partial charge in [0.2, 0.25) is 5.91 Å². The number of fused-ring (bicyclic) bond motifs is 1. The molecule has 1 aromatic rings. The molecule has 2 saturated heterocycles. The number of aliphatic hydroxyl groups excluding tert-OH is 1. The second kappa shape index (κ2) is 10.3. The Morgan fingerprint density at radius 2 is 1.84 bits per heavy atom. The number of rotatable bonds is 5. The average molecular weight is 439 g/mol. The first-order chi connectivity index (χ1) is 15.0. The van der Waals surface area contributed by atoms with Gasteiger partial charge in [-0.3, -0.25) is 9.69 Å². The number of benzene rings is 1. The molecule has 1 amide bonds. The second-order valence-corrected chi connectivity index (χ2v) is 9.09. The van der Waals surface area contributed by atoms with E-state index in [0.29, 0.717) is 38.1 Å². The number of halogens is 2. The van der Waals surface area contributed by atoms with Crippen molar-refractivity contribution >= 4 is 5.91 Å². The highest BCUT2D eigenvalue weighted by molar-refractivity contribution is 5.76. The predicted molar refractivity (Wildman–Crippen MR) is 110 cm³/mol. The maximum Gasteiger partial charge on any atom is 0.222 e. The Morgan fingerprint density at radius 3 is 2.58 bits per heavy atom. The van der Waals surface area contributed by atoms with Crippen LogP contribution in [0.4, 0.5) is 8.78 Å². The van der Waals surface area contributed by atoms with Gasteiger partial charge in [-0.2, -0.15) is 0 Å². The summed E-state index contributed by atoms with van der Waals surface area (Å²) in [6.45, 7) is 1.13. The lowest BCUT2D eigenvalue weighted by atomic mass is 9.94. The predicted octanol–water partition coefficient (Wildman–Crippen LogP) is 2.52. The first-order valence-electron chi connectivity index (χ1n) is 11.4. The maximum atomic E-state index is 13.7. The number of ether oxygens (including phenoxy) is 2. The third-order valence-corrected chi connectivity index (χ3v) is 6.53. The van der Waals surface area contributed by atoms with E-state index < -0.39 is 17.7 Å². The molecule has 2 heterocycles. The van der Waals surface area contributed by atoms with E-state index >= 15 is 0 Å². The van der Waals surface area contributed by atoms with Gasteiger partial charge in [-0.15, -0.1) is 0 Å². The van der Waals surface area contributed by atoms with Crippen LogP contribution in [0.25, 0.3) is 0 Å². The van der Waals surface area contributed by atoms with E-state index in [-0.39, 0.29) is 36.8 Å².